The van der Waals surface area contributed by atoms with E-state index < -0.39 is 5.54 Å². The maximum Gasteiger partial charge on any atom is 0.258 e. The third kappa shape index (κ3) is 3.53. The number of hydrogen-bond donors (Lipinski definition) is 2. The first kappa shape index (κ1) is 14.4. The highest BCUT2D eigenvalue weighted by Gasteiger charge is 2.37. The van der Waals surface area contributed by atoms with E-state index in [1.165, 1.54) is 0 Å². The molecule has 0 atom stereocenters. The van der Waals surface area contributed by atoms with Crippen LogP contribution >= 0.6 is 23.2 Å². The Kier molecular flexibility index (Phi) is 4.55. The summed E-state index contributed by atoms with van der Waals surface area (Å²) in [5.41, 5.74) is -0.460. The normalized spacial score (nSPS) is 16.6. The van der Waals surface area contributed by atoms with Gasteiger partial charge in [-0.15, -0.1) is 0 Å². The topological polar surface area (TPSA) is 58.6 Å². The van der Waals surface area contributed by atoms with Crippen LogP contribution in [0.25, 0.3) is 0 Å². The van der Waals surface area contributed by atoms with E-state index in [4.69, 9.17) is 27.9 Å². The van der Waals surface area contributed by atoms with Gasteiger partial charge in [-0.1, -0.05) is 23.2 Å². The highest BCUT2D eigenvalue weighted by Crippen LogP contribution is 2.31. The van der Waals surface area contributed by atoms with Gasteiger partial charge in [0.05, 0.1) is 17.2 Å². The van der Waals surface area contributed by atoms with Crippen molar-refractivity contribution < 1.29 is 14.6 Å². The van der Waals surface area contributed by atoms with Gasteiger partial charge in [-0.05, 0) is 31.4 Å². The Labute approximate surface area is 121 Å². The molecule has 1 saturated carbocycles. The summed E-state index contributed by atoms with van der Waals surface area (Å²) in [4.78, 5) is 11.8. The van der Waals surface area contributed by atoms with Crippen molar-refractivity contribution in [1.82, 2.24) is 5.32 Å². The van der Waals surface area contributed by atoms with Crippen molar-refractivity contribution in [3.8, 4) is 5.75 Å². The Bertz CT molecular complexity index is 469. The number of aliphatic hydroxyl groups is 1. The Balaban J connectivity index is 1.88. The third-order valence-corrected chi connectivity index (χ3v) is 3.82. The molecule has 19 heavy (non-hydrogen) atoms. The number of carbonyl (C=O) groups is 1. The van der Waals surface area contributed by atoms with Crippen LogP contribution in [0.2, 0.25) is 10.0 Å². The van der Waals surface area contributed by atoms with Gasteiger partial charge in [0.1, 0.15) is 5.75 Å². The summed E-state index contributed by atoms with van der Waals surface area (Å²) in [7, 11) is 0. The number of hydrogen-bond acceptors (Lipinski definition) is 3. The number of benzene rings is 1. The fourth-order valence-electron chi connectivity index (χ4n) is 1.99. The summed E-state index contributed by atoms with van der Waals surface area (Å²) < 4.78 is 5.33. The largest absolute Gasteiger partial charge is 0.482 e. The lowest BCUT2D eigenvalue weighted by atomic mass is 9.77. The van der Waals surface area contributed by atoms with Crippen molar-refractivity contribution in [2.75, 3.05) is 13.2 Å². The monoisotopic (exact) mass is 303 g/mol. The predicted octanol–water partition coefficient (Wildman–Crippen LogP) is 2.40. The smallest absolute Gasteiger partial charge is 0.258 e. The summed E-state index contributed by atoms with van der Waals surface area (Å²) >= 11 is 11.7. The Morgan fingerprint density at radius 3 is 2.74 bits per heavy atom. The van der Waals surface area contributed by atoms with Crippen molar-refractivity contribution in [2.24, 2.45) is 0 Å². The molecule has 1 fully saturated rings. The molecule has 0 bridgehead atoms. The summed E-state index contributed by atoms with van der Waals surface area (Å²) in [6, 6.07) is 4.81. The number of aliphatic hydroxyl groups excluding tert-OH is 1. The molecule has 0 spiro atoms. The predicted molar refractivity (Wildman–Crippen MR) is 73.8 cm³/mol. The molecule has 0 saturated heterocycles. The minimum absolute atomic E-state index is 0.0450. The van der Waals surface area contributed by atoms with Crippen LogP contribution in [0.4, 0.5) is 0 Å². The SMILES string of the molecule is O=C(COc1cc(Cl)ccc1Cl)NC1(CO)CCC1. The molecule has 4 nitrogen and oxygen atoms in total. The highest BCUT2D eigenvalue weighted by molar-refractivity contribution is 6.34. The molecule has 0 aliphatic heterocycles. The maximum atomic E-state index is 11.8. The van der Waals surface area contributed by atoms with Crippen molar-refractivity contribution in [3.05, 3.63) is 28.2 Å². The van der Waals surface area contributed by atoms with E-state index in [9.17, 15) is 9.90 Å². The van der Waals surface area contributed by atoms with Crippen LogP contribution in [0, 0.1) is 0 Å². The van der Waals surface area contributed by atoms with E-state index in [-0.39, 0.29) is 19.1 Å². The van der Waals surface area contributed by atoms with Crippen molar-refractivity contribution in [2.45, 2.75) is 24.8 Å². The number of halogens is 2. The van der Waals surface area contributed by atoms with Gasteiger partial charge < -0.3 is 15.2 Å². The van der Waals surface area contributed by atoms with Gasteiger partial charge in [0.2, 0.25) is 0 Å². The van der Waals surface area contributed by atoms with Crippen LogP contribution in [-0.2, 0) is 4.79 Å². The van der Waals surface area contributed by atoms with Crippen LogP contribution in [0.5, 0.6) is 5.75 Å². The third-order valence-electron chi connectivity index (χ3n) is 3.27. The van der Waals surface area contributed by atoms with Gasteiger partial charge in [-0.2, -0.15) is 0 Å². The van der Waals surface area contributed by atoms with Gasteiger partial charge in [0.15, 0.2) is 6.61 Å². The summed E-state index contributed by atoms with van der Waals surface area (Å²) in [5, 5.41) is 12.9. The zero-order valence-electron chi connectivity index (χ0n) is 10.3. The molecule has 2 rings (SSSR count). The average molecular weight is 304 g/mol. The quantitative estimate of drug-likeness (QED) is 0.878. The molecule has 1 aliphatic carbocycles. The van der Waals surface area contributed by atoms with Gasteiger partial charge in [0, 0.05) is 11.1 Å². The van der Waals surface area contributed by atoms with E-state index in [0.29, 0.717) is 15.8 Å². The number of rotatable bonds is 5. The first-order valence-corrected chi connectivity index (χ1v) is 6.80. The molecule has 1 aromatic rings. The second-order valence-electron chi connectivity index (χ2n) is 4.70. The Morgan fingerprint density at radius 2 is 2.16 bits per heavy atom. The summed E-state index contributed by atoms with van der Waals surface area (Å²) in [6.45, 7) is -0.196. The zero-order chi connectivity index (χ0) is 13.9. The van der Waals surface area contributed by atoms with E-state index in [1.807, 2.05) is 0 Å². The van der Waals surface area contributed by atoms with Gasteiger partial charge in [-0.3, -0.25) is 4.79 Å². The molecule has 0 radical (unpaired) electrons. The van der Waals surface area contributed by atoms with E-state index in [1.54, 1.807) is 18.2 Å². The molecule has 6 heteroatoms. The van der Waals surface area contributed by atoms with E-state index in [0.717, 1.165) is 19.3 Å². The van der Waals surface area contributed by atoms with Crippen LogP contribution in [0.15, 0.2) is 18.2 Å². The molecule has 1 aromatic carbocycles. The second kappa shape index (κ2) is 5.99. The molecule has 1 amide bonds. The minimum atomic E-state index is -0.460. The first-order valence-electron chi connectivity index (χ1n) is 6.04. The van der Waals surface area contributed by atoms with Crippen molar-refractivity contribution >= 4 is 29.1 Å². The molecule has 0 heterocycles. The highest BCUT2D eigenvalue weighted by atomic mass is 35.5. The second-order valence-corrected chi connectivity index (χ2v) is 5.55. The summed E-state index contributed by atoms with van der Waals surface area (Å²) in [5.74, 6) is 0.0979. The minimum Gasteiger partial charge on any atom is -0.482 e. The maximum absolute atomic E-state index is 11.8. The number of ether oxygens (including phenoxy) is 1. The van der Waals surface area contributed by atoms with Gasteiger partial charge in [0.25, 0.3) is 5.91 Å². The van der Waals surface area contributed by atoms with Crippen LogP contribution in [0.1, 0.15) is 19.3 Å². The molecular formula is C13H15Cl2NO3. The fraction of sp³-hybridized carbons (Fsp3) is 0.462. The lowest BCUT2D eigenvalue weighted by molar-refractivity contribution is -0.127. The standard InChI is InChI=1S/C13H15Cl2NO3/c14-9-2-3-10(15)11(6-9)19-7-12(18)16-13(8-17)4-1-5-13/h2-3,6,17H,1,4-5,7-8H2,(H,16,18). The molecule has 0 unspecified atom stereocenters. The van der Waals surface area contributed by atoms with Crippen LogP contribution < -0.4 is 10.1 Å². The summed E-state index contributed by atoms with van der Waals surface area (Å²) in [6.07, 6.45) is 2.61. The lowest BCUT2D eigenvalue weighted by Gasteiger charge is -2.40. The Hall–Kier alpha value is -0.970. The molecule has 104 valence electrons. The molecule has 1 aliphatic rings. The molecule has 2 N–H and O–H groups in total. The van der Waals surface area contributed by atoms with Crippen molar-refractivity contribution in [3.63, 3.8) is 0 Å². The lowest BCUT2D eigenvalue weighted by Crippen LogP contribution is -2.57. The molecular weight excluding hydrogens is 289 g/mol. The zero-order valence-corrected chi connectivity index (χ0v) is 11.8. The van der Waals surface area contributed by atoms with Crippen molar-refractivity contribution in [1.29, 1.82) is 0 Å². The van der Waals surface area contributed by atoms with E-state index >= 15 is 0 Å². The number of nitrogens with one attached hydrogen (secondary N) is 1. The van der Waals surface area contributed by atoms with E-state index in [2.05, 4.69) is 5.32 Å². The first-order chi connectivity index (χ1) is 9.04. The van der Waals surface area contributed by atoms with Crippen LogP contribution in [0.3, 0.4) is 0 Å². The number of carbonyl (C=O) groups excluding carboxylic acids is 1. The fourth-order valence-corrected chi connectivity index (χ4v) is 2.32. The van der Waals surface area contributed by atoms with Crippen LogP contribution in [-0.4, -0.2) is 29.8 Å². The van der Waals surface area contributed by atoms with Gasteiger partial charge in [-0.25, -0.2) is 0 Å². The van der Waals surface area contributed by atoms with Gasteiger partial charge >= 0.3 is 0 Å². The number of amides is 1. The molecule has 0 aromatic heterocycles. The average Bonchev–Trinajstić information content (AvgIpc) is 2.35. The Morgan fingerprint density at radius 1 is 1.42 bits per heavy atom.